The average Bonchev–Trinajstić information content (AvgIpc) is 3.04. The second kappa shape index (κ2) is 6.39. The van der Waals surface area contributed by atoms with Gasteiger partial charge in [-0.25, -0.2) is 23.5 Å². The smallest absolute Gasteiger partial charge is 0.274 e. The molecule has 0 aromatic carbocycles. The van der Waals surface area contributed by atoms with E-state index in [1.807, 2.05) is 6.92 Å². The van der Waals surface area contributed by atoms with Gasteiger partial charge in [0.1, 0.15) is 17.0 Å². The number of aromatic nitrogens is 3. The Morgan fingerprint density at radius 1 is 1.36 bits per heavy atom. The van der Waals surface area contributed by atoms with Gasteiger partial charge in [0, 0.05) is 18.1 Å². The van der Waals surface area contributed by atoms with Crippen molar-refractivity contribution in [1.82, 2.24) is 19.9 Å². The van der Waals surface area contributed by atoms with Gasteiger partial charge in [0.2, 0.25) is 0 Å². The number of primary sulfonamides is 1. The summed E-state index contributed by atoms with van der Waals surface area (Å²) in [6.45, 7) is 2.39. The SMILES string of the molecule is C[C@@H]1CNC(=O)c2cc3ccc(C(=O)Nc4cccnc4S(N)(=O)=O)nc3n21. The first-order valence-electron chi connectivity index (χ1n) is 8.35. The molecule has 4 heterocycles. The highest BCUT2D eigenvalue weighted by Crippen LogP contribution is 2.26. The summed E-state index contributed by atoms with van der Waals surface area (Å²) in [7, 11) is -4.11. The highest BCUT2D eigenvalue weighted by atomic mass is 32.2. The Morgan fingerprint density at radius 3 is 2.89 bits per heavy atom. The van der Waals surface area contributed by atoms with Crippen LogP contribution in [0.1, 0.15) is 33.9 Å². The van der Waals surface area contributed by atoms with E-state index in [4.69, 9.17) is 5.14 Å². The van der Waals surface area contributed by atoms with Crippen LogP contribution in [0.25, 0.3) is 11.0 Å². The van der Waals surface area contributed by atoms with Crippen LogP contribution in [0.3, 0.4) is 0 Å². The van der Waals surface area contributed by atoms with Gasteiger partial charge in [-0.05, 0) is 37.3 Å². The van der Waals surface area contributed by atoms with Gasteiger partial charge in [0.25, 0.3) is 21.8 Å². The van der Waals surface area contributed by atoms with Gasteiger partial charge < -0.3 is 15.2 Å². The average molecular weight is 400 g/mol. The van der Waals surface area contributed by atoms with Crippen molar-refractivity contribution in [2.45, 2.75) is 18.0 Å². The highest BCUT2D eigenvalue weighted by molar-refractivity contribution is 7.89. The second-order valence-electron chi connectivity index (χ2n) is 6.42. The van der Waals surface area contributed by atoms with Gasteiger partial charge in [0.15, 0.2) is 5.03 Å². The predicted molar refractivity (Wildman–Crippen MR) is 100 cm³/mol. The third-order valence-electron chi connectivity index (χ3n) is 4.44. The molecule has 0 unspecified atom stereocenters. The lowest BCUT2D eigenvalue weighted by Gasteiger charge is -2.23. The third-order valence-corrected chi connectivity index (χ3v) is 5.30. The number of rotatable bonds is 3. The fourth-order valence-corrected chi connectivity index (χ4v) is 3.80. The number of fused-ring (bicyclic) bond motifs is 3. The fourth-order valence-electron chi connectivity index (χ4n) is 3.16. The number of pyridine rings is 2. The number of sulfonamides is 1. The molecular formula is C17H16N6O4S. The number of amides is 2. The van der Waals surface area contributed by atoms with Gasteiger partial charge in [-0.3, -0.25) is 9.59 Å². The molecule has 144 valence electrons. The van der Waals surface area contributed by atoms with Crippen LogP contribution in [-0.2, 0) is 10.0 Å². The van der Waals surface area contributed by atoms with Crippen LogP contribution >= 0.6 is 0 Å². The fraction of sp³-hybridized carbons (Fsp3) is 0.176. The van der Waals surface area contributed by atoms with Crippen molar-refractivity contribution in [1.29, 1.82) is 0 Å². The van der Waals surface area contributed by atoms with Crippen molar-refractivity contribution < 1.29 is 18.0 Å². The maximum absolute atomic E-state index is 12.6. The maximum atomic E-state index is 12.6. The molecule has 2 amide bonds. The van der Waals surface area contributed by atoms with E-state index in [2.05, 4.69) is 20.6 Å². The van der Waals surface area contributed by atoms with Crippen LogP contribution < -0.4 is 15.8 Å². The summed E-state index contributed by atoms with van der Waals surface area (Å²) in [5.41, 5.74) is 1.00. The van der Waals surface area contributed by atoms with E-state index in [1.165, 1.54) is 24.4 Å². The molecular weight excluding hydrogens is 384 g/mol. The number of carbonyl (C=O) groups is 2. The summed E-state index contributed by atoms with van der Waals surface area (Å²) in [5, 5.41) is 10.7. The van der Waals surface area contributed by atoms with E-state index in [0.29, 0.717) is 17.9 Å². The molecule has 0 fully saturated rings. The van der Waals surface area contributed by atoms with Gasteiger partial charge in [0.05, 0.1) is 11.7 Å². The highest BCUT2D eigenvalue weighted by Gasteiger charge is 2.26. The largest absolute Gasteiger partial charge is 0.349 e. The molecule has 10 nitrogen and oxygen atoms in total. The summed E-state index contributed by atoms with van der Waals surface area (Å²) in [6.07, 6.45) is 1.26. The summed E-state index contributed by atoms with van der Waals surface area (Å²) in [5.74, 6) is -0.821. The van der Waals surface area contributed by atoms with Crippen molar-refractivity contribution >= 4 is 38.6 Å². The topological polar surface area (TPSA) is 149 Å². The van der Waals surface area contributed by atoms with Gasteiger partial charge >= 0.3 is 0 Å². The first-order chi connectivity index (χ1) is 13.3. The van der Waals surface area contributed by atoms with Crippen LogP contribution in [0, 0.1) is 0 Å². The molecule has 1 aliphatic heterocycles. The molecule has 11 heteroatoms. The zero-order valence-corrected chi connectivity index (χ0v) is 15.5. The van der Waals surface area contributed by atoms with Gasteiger partial charge in [-0.1, -0.05) is 0 Å². The first-order valence-corrected chi connectivity index (χ1v) is 9.89. The van der Waals surface area contributed by atoms with E-state index >= 15 is 0 Å². The lowest BCUT2D eigenvalue weighted by atomic mass is 10.2. The summed E-state index contributed by atoms with van der Waals surface area (Å²) >= 11 is 0. The molecule has 4 rings (SSSR count). The van der Waals surface area contributed by atoms with Crippen molar-refractivity contribution in [3.63, 3.8) is 0 Å². The standard InChI is InChI=1S/C17H16N6O4S/c1-9-8-20-16(25)13-7-10-4-5-11(21-14(10)23(9)13)15(24)22-12-3-2-6-19-17(12)28(18,26)27/h2-7,9H,8H2,1H3,(H,20,25)(H,22,24)(H2,18,26,27)/t9-/m1/s1. The van der Waals surface area contributed by atoms with Crippen LogP contribution in [0.2, 0.25) is 0 Å². The third kappa shape index (κ3) is 3.00. The number of hydrogen-bond donors (Lipinski definition) is 3. The lowest BCUT2D eigenvalue weighted by molar-refractivity contribution is 0.0918. The molecule has 0 bridgehead atoms. The zero-order chi connectivity index (χ0) is 20.1. The Morgan fingerprint density at radius 2 is 2.14 bits per heavy atom. The summed E-state index contributed by atoms with van der Waals surface area (Å²) in [6, 6.07) is 7.74. The molecule has 0 radical (unpaired) electrons. The molecule has 0 saturated heterocycles. The van der Waals surface area contributed by atoms with E-state index < -0.39 is 21.0 Å². The first kappa shape index (κ1) is 18.1. The minimum absolute atomic E-state index is 0.0247. The van der Waals surface area contributed by atoms with E-state index in [-0.39, 0.29) is 23.3 Å². The monoisotopic (exact) mass is 400 g/mol. The van der Waals surface area contributed by atoms with Crippen molar-refractivity contribution in [2.75, 3.05) is 11.9 Å². The Labute approximate surface area is 159 Å². The molecule has 1 atom stereocenters. The molecule has 0 saturated carbocycles. The number of anilines is 1. The van der Waals surface area contributed by atoms with E-state index in [9.17, 15) is 18.0 Å². The van der Waals surface area contributed by atoms with Gasteiger partial charge in [-0.15, -0.1) is 0 Å². The Hall–Kier alpha value is -3.31. The normalized spacial score (nSPS) is 16.5. The van der Waals surface area contributed by atoms with Crippen LogP contribution in [0.5, 0.6) is 0 Å². The predicted octanol–water partition coefficient (Wildman–Crippen LogP) is 0.635. The molecule has 0 aliphatic carbocycles. The minimum atomic E-state index is -4.11. The molecule has 3 aromatic heterocycles. The zero-order valence-electron chi connectivity index (χ0n) is 14.7. The second-order valence-corrected chi connectivity index (χ2v) is 7.90. The van der Waals surface area contributed by atoms with Gasteiger partial charge in [-0.2, -0.15) is 0 Å². The Balaban J connectivity index is 1.74. The van der Waals surface area contributed by atoms with Crippen LogP contribution in [-0.4, -0.2) is 41.3 Å². The van der Waals surface area contributed by atoms with E-state index in [1.54, 1.807) is 16.7 Å². The Bertz CT molecular complexity index is 1230. The summed E-state index contributed by atoms with van der Waals surface area (Å²) in [4.78, 5) is 32.8. The van der Waals surface area contributed by atoms with E-state index in [0.717, 1.165) is 5.39 Å². The van der Waals surface area contributed by atoms with Crippen molar-refractivity contribution in [2.24, 2.45) is 5.14 Å². The summed E-state index contributed by atoms with van der Waals surface area (Å²) < 4.78 is 25.1. The number of nitrogens with zero attached hydrogens (tertiary/aromatic N) is 3. The van der Waals surface area contributed by atoms with Crippen LogP contribution in [0.15, 0.2) is 41.6 Å². The number of nitrogens with two attached hydrogens (primary N) is 1. The van der Waals surface area contributed by atoms with Crippen molar-refractivity contribution in [3.05, 3.63) is 47.9 Å². The molecule has 3 aromatic rings. The minimum Gasteiger partial charge on any atom is -0.349 e. The molecule has 0 spiro atoms. The van der Waals surface area contributed by atoms with Crippen molar-refractivity contribution in [3.8, 4) is 0 Å². The number of nitrogens with one attached hydrogen (secondary N) is 2. The molecule has 28 heavy (non-hydrogen) atoms. The number of carbonyl (C=O) groups excluding carboxylic acids is 2. The Kier molecular flexibility index (Phi) is 4.12. The lowest BCUT2D eigenvalue weighted by Crippen LogP contribution is -2.37. The van der Waals surface area contributed by atoms with Crippen LogP contribution in [0.4, 0.5) is 5.69 Å². The quantitative estimate of drug-likeness (QED) is 0.587. The maximum Gasteiger partial charge on any atom is 0.274 e. The molecule has 1 aliphatic rings. The molecule has 4 N–H and O–H groups in total. The number of hydrogen-bond acceptors (Lipinski definition) is 6.